The summed E-state index contributed by atoms with van der Waals surface area (Å²) in [7, 11) is 1.72. The molecule has 2 aromatic rings. The van der Waals surface area contributed by atoms with Crippen LogP contribution in [-0.4, -0.2) is 20.3 Å². The first kappa shape index (κ1) is 11.0. The van der Waals surface area contributed by atoms with Crippen LogP contribution in [0.15, 0.2) is 36.8 Å². The minimum Gasteiger partial charge on any atom is -0.332 e. The minimum absolute atomic E-state index is 0.266. The number of nitrogens with zero attached hydrogens (tertiary/aromatic N) is 4. The van der Waals surface area contributed by atoms with Gasteiger partial charge in [-0.15, -0.1) is 0 Å². The highest BCUT2D eigenvalue weighted by Crippen LogP contribution is 2.16. The third kappa shape index (κ3) is 2.06. The van der Waals surface area contributed by atoms with E-state index in [4.69, 9.17) is 5.26 Å². The average Bonchev–Trinajstić information content (AvgIpc) is 2.77. The first-order chi connectivity index (χ1) is 8.24. The predicted octanol–water partition coefficient (Wildman–Crippen LogP) is 1.31. The lowest BCUT2D eigenvalue weighted by molar-refractivity contribution is 0.0964. The van der Waals surface area contributed by atoms with Crippen LogP contribution in [0, 0.1) is 11.3 Å². The maximum Gasteiger partial charge on any atom is 0.221 e. The number of carbonyl (C=O) groups excluding carboxylic acids is 1. The lowest BCUT2D eigenvalue weighted by Gasteiger charge is -2.06. The molecule has 0 bridgehead atoms. The highest BCUT2D eigenvalue weighted by molar-refractivity contribution is 5.99. The summed E-state index contributed by atoms with van der Waals surface area (Å²) in [5.74, 6) is -0.974. The first-order valence-corrected chi connectivity index (χ1v) is 5.06. The molecule has 0 amide bonds. The molecule has 5 nitrogen and oxygen atoms in total. The van der Waals surface area contributed by atoms with E-state index in [1.165, 1.54) is 6.20 Å². The van der Waals surface area contributed by atoms with E-state index in [1.54, 1.807) is 42.2 Å². The number of hydrogen-bond donors (Lipinski definition) is 0. The fourth-order valence-electron chi connectivity index (χ4n) is 1.54. The van der Waals surface area contributed by atoms with Gasteiger partial charge >= 0.3 is 0 Å². The van der Waals surface area contributed by atoms with Gasteiger partial charge in [0.2, 0.25) is 5.78 Å². The molecule has 0 fully saturated rings. The fraction of sp³-hybridized carbons (Fsp3) is 0.167. The van der Waals surface area contributed by atoms with Crippen molar-refractivity contribution in [3.63, 3.8) is 0 Å². The maximum absolute atomic E-state index is 12.1. The van der Waals surface area contributed by atoms with Gasteiger partial charge in [0.25, 0.3) is 0 Å². The quantitative estimate of drug-likeness (QED) is 0.739. The summed E-state index contributed by atoms with van der Waals surface area (Å²) in [6.07, 6.45) is 4.76. The molecule has 0 N–H and O–H groups in total. The number of rotatable bonds is 3. The van der Waals surface area contributed by atoms with Gasteiger partial charge < -0.3 is 4.57 Å². The molecule has 2 aromatic heterocycles. The van der Waals surface area contributed by atoms with Gasteiger partial charge in [-0.3, -0.25) is 9.78 Å². The zero-order valence-corrected chi connectivity index (χ0v) is 9.24. The zero-order valence-electron chi connectivity index (χ0n) is 9.24. The largest absolute Gasteiger partial charge is 0.332 e. The van der Waals surface area contributed by atoms with Gasteiger partial charge in [-0.05, 0) is 12.1 Å². The second-order valence-electron chi connectivity index (χ2n) is 3.54. The van der Waals surface area contributed by atoms with Crippen molar-refractivity contribution in [2.75, 3.05) is 0 Å². The Morgan fingerprint density at radius 3 is 2.76 bits per heavy atom. The number of nitriles is 1. The van der Waals surface area contributed by atoms with Crippen LogP contribution in [-0.2, 0) is 7.05 Å². The molecule has 0 aliphatic carbocycles. The molecule has 0 spiro atoms. The Morgan fingerprint density at radius 1 is 1.41 bits per heavy atom. The number of hydrogen-bond acceptors (Lipinski definition) is 4. The molecule has 2 rings (SSSR count). The van der Waals surface area contributed by atoms with Crippen molar-refractivity contribution in [1.29, 1.82) is 5.26 Å². The van der Waals surface area contributed by atoms with Crippen LogP contribution in [0.3, 0.4) is 0 Å². The molecule has 0 saturated carbocycles. The van der Waals surface area contributed by atoms with Crippen molar-refractivity contribution in [1.82, 2.24) is 14.5 Å². The Kier molecular flexibility index (Phi) is 2.97. The SMILES string of the molecule is Cn1ccnc1C(=O)C(C#N)c1ccccn1. The number of ketones is 1. The van der Waals surface area contributed by atoms with Crippen LogP contribution in [0.25, 0.3) is 0 Å². The van der Waals surface area contributed by atoms with Crippen LogP contribution in [0.4, 0.5) is 0 Å². The van der Waals surface area contributed by atoms with Gasteiger partial charge in [0.1, 0.15) is 0 Å². The van der Waals surface area contributed by atoms with E-state index >= 15 is 0 Å². The first-order valence-electron chi connectivity index (χ1n) is 5.06. The number of aryl methyl sites for hydroxylation is 1. The third-order valence-corrected chi connectivity index (χ3v) is 2.42. The van der Waals surface area contributed by atoms with Crippen molar-refractivity contribution in [3.8, 4) is 6.07 Å². The van der Waals surface area contributed by atoms with Crippen LogP contribution < -0.4 is 0 Å². The molecule has 0 aliphatic heterocycles. The van der Waals surface area contributed by atoms with Crippen LogP contribution in [0.1, 0.15) is 22.2 Å². The average molecular weight is 226 g/mol. The van der Waals surface area contributed by atoms with E-state index in [0.29, 0.717) is 5.69 Å². The van der Waals surface area contributed by atoms with Crippen molar-refractivity contribution in [3.05, 3.63) is 48.3 Å². The molecule has 0 aromatic carbocycles. The fourth-order valence-corrected chi connectivity index (χ4v) is 1.54. The lowest BCUT2D eigenvalue weighted by Crippen LogP contribution is -2.16. The van der Waals surface area contributed by atoms with E-state index in [-0.39, 0.29) is 11.6 Å². The van der Waals surface area contributed by atoms with E-state index in [0.717, 1.165) is 0 Å². The summed E-state index contributed by atoms with van der Waals surface area (Å²) in [5.41, 5.74) is 0.447. The third-order valence-electron chi connectivity index (χ3n) is 2.42. The maximum atomic E-state index is 12.1. The monoisotopic (exact) mass is 226 g/mol. The molecule has 0 radical (unpaired) electrons. The molecule has 1 unspecified atom stereocenters. The molecular formula is C12H10N4O. The summed E-state index contributed by atoms with van der Waals surface area (Å²) in [4.78, 5) is 20.1. The van der Waals surface area contributed by atoms with E-state index in [2.05, 4.69) is 9.97 Å². The van der Waals surface area contributed by atoms with Gasteiger partial charge in [-0.1, -0.05) is 6.07 Å². The molecule has 0 aliphatic rings. The van der Waals surface area contributed by atoms with Crippen LogP contribution in [0.2, 0.25) is 0 Å². The molecule has 2 heterocycles. The van der Waals surface area contributed by atoms with Gasteiger partial charge in [-0.25, -0.2) is 4.98 Å². The Morgan fingerprint density at radius 2 is 2.24 bits per heavy atom. The van der Waals surface area contributed by atoms with Crippen LogP contribution in [0.5, 0.6) is 0 Å². The summed E-state index contributed by atoms with van der Waals surface area (Å²) >= 11 is 0. The summed E-state index contributed by atoms with van der Waals surface area (Å²) in [5, 5.41) is 9.09. The Hall–Kier alpha value is -2.48. The highest BCUT2D eigenvalue weighted by atomic mass is 16.1. The second-order valence-corrected chi connectivity index (χ2v) is 3.54. The summed E-state index contributed by atoms with van der Waals surface area (Å²) < 4.78 is 1.59. The van der Waals surface area contributed by atoms with Crippen molar-refractivity contribution < 1.29 is 4.79 Å². The number of pyridine rings is 1. The lowest BCUT2D eigenvalue weighted by atomic mass is 10.0. The topological polar surface area (TPSA) is 71.6 Å². The molecule has 0 saturated heterocycles. The summed E-state index contributed by atoms with van der Waals surface area (Å²) in [6.45, 7) is 0. The molecular weight excluding hydrogens is 216 g/mol. The smallest absolute Gasteiger partial charge is 0.221 e. The number of Topliss-reactive ketones (excluding diaryl/α,β-unsaturated/α-hetero) is 1. The number of aromatic nitrogens is 3. The second kappa shape index (κ2) is 4.58. The predicted molar refractivity (Wildman–Crippen MR) is 60.1 cm³/mol. The van der Waals surface area contributed by atoms with E-state index in [1.807, 2.05) is 6.07 Å². The van der Waals surface area contributed by atoms with Gasteiger partial charge in [-0.2, -0.15) is 5.26 Å². The highest BCUT2D eigenvalue weighted by Gasteiger charge is 2.25. The van der Waals surface area contributed by atoms with Crippen LogP contribution >= 0.6 is 0 Å². The molecule has 5 heteroatoms. The van der Waals surface area contributed by atoms with Crippen molar-refractivity contribution >= 4 is 5.78 Å². The van der Waals surface area contributed by atoms with E-state index in [9.17, 15) is 4.79 Å². The Balaban J connectivity index is 2.36. The Labute approximate surface area is 98.4 Å². The zero-order chi connectivity index (χ0) is 12.3. The Bertz CT molecular complexity index is 568. The van der Waals surface area contributed by atoms with Crippen molar-refractivity contribution in [2.24, 2.45) is 7.05 Å². The van der Waals surface area contributed by atoms with Gasteiger partial charge in [0.05, 0.1) is 11.8 Å². The number of carbonyl (C=O) groups is 1. The molecule has 84 valence electrons. The minimum atomic E-state index is -0.905. The normalized spacial score (nSPS) is 11.8. The number of imidazole rings is 1. The van der Waals surface area contributed by atoms with Crippen molar-refractivity contribution in [2.45, 2.75) is 5.92 Å². The van der Waals surface area contributed by atoms with Gasteiger partial charge in [0.15, 0.2) is 11.7 Å². The van der Waals surface area contributed by atoms with Gasteiger partial charge in [0, 0.05) is 25.6 Å². The molecule has 1 atom stereocenters. The standard InChI is InChI=1S/C12H10N4O/c1-16-7-6-15-12(16)11(17)9(8-13)10-4-2-3-5-14-10/h2-7,9H,1H3. The summed E-state index contributed by atoms with van der Waals surface area (Å²) in [6, 6.07) is 7.12. The molecule has 17 heavy (non-hydrogen) atoms. The van der Waals surface area contributed by atoms with E-state index < -0.39 is 5.92 Å².